The van der Waals surface area contributed by atoms with Gasteiger partial charge in [0.25, 0.3) is 5.91 Å². The Hall–Kier alpha value is -3.13. The van der Waals surface area contributed by atoms with Crippen LogP contribution in [0.1, 0.15) is 25.0 Å². The van der Waals surface area contributed by atoms with E-state index in [0.717, 1.165) is 5.56 Å². The molecule has 1 amide bonds. The van der Waals surface area contributed by atoms with Crippen molar-refractivity contribution in [3.05, 3.63) is 71.1 Å². The van der Waals surface area contributed by atoms with Crippen molar-refractivity contribution in [1.82, 2.24) is 0 Å². The molecule has 2 aromatic carbocycles. The third-order valence-corrected chi connectivity index (χ3v) is 3.19. The predicted octanol–water partition coefficient (Wildman–Crippen LogP) is 4.34. The fourth-order valence-electron chi connectivity index (χ4n) is 1.97. The summed E-state index contributed by atoms with van der Waals surface area (Å²) in [4.78, 5) is 11.7. The molecule has 2 aromatic rings. The zero-order valence-electron chi connectivity index (χ0n) is 13.5. The van der Waals surface area contributed by atoms with Crippen LogP contribution in [0.5, 0.6) is 5.75 Å². The molecule has 0 saturated heterocycles. The summed E-state index contributed by atoms with van der Waals surface area (Å²) in [5, 5.41) is 11.4. The van der Waals surface area contributed by atoms with E-state index in [-0.39, 0.29) is 6.61 Å². The summed E-state index contributed by atoms with van der Waals surface area (Å²) in [7, 11) is 0. The average molecular weight is 324 g/mol. The van der Waals surface area contributed by atoms with Crippen LogP contribution in [0, 0.1) is 11.3 Å². The molecule has 0 aliphatic carbocycles. The van der Waals surface area contributed by atoms with E-state index >= 15 is 0 Å². The van der Waals surface area contributed by atoms with Gasteiger partial charge in [0.05, 0.1) is 11.6 Å². The molecule has 5 heteroatoms. The van der Waals surface area contributed by atoms with Crippen molar-refractivity contribution in [3.8, 4) is 11.8 Å². The standard InChI is InChI=1S/C19H17FN2O2/c1-13(2)18(20)19(23)22-16-7-4-8-17(10-16)24-12-15-6-3-5-14(9-15)11-21/h3-10H,12H2,1-2H3,(H,22,23). The van der Waals surface area contributed by atoms with Crippen molar-refractivity contribution in [1.29, 1.82) is 5.26 Å². The molecule has 2 rings (SSSR count). The number of nitrogens with one attached hydrogen (secondary N) is 1. The molecule has 0 fully saturated rings. The van der Waals surface area contributed by atoms with Gasteiger partial charge in [-0.1, -0.05) is 18.2 Å². The molecule has 0 atom stereocenters. The van der Waals surface area contributed by atoms with E-state index in [1.165, 1.54) is 13.8 Å². The van der Waals surface area contributed by atoms with Gasteiger partial charge in [0.2, 0.25) is 0 Å². The van der Waals surface area contributed by atoms with Crippen molar-refractivity contribution in [2.75, 3.05) is 5.32 Å². The summed E-state index contributed by atoms with van der Waals surface area (Å²) >= 11 is 0. The number of nitrogens with zero attached hydrogens (tertiary/aromatic N) is 1. The minimum atomic E-state index is -0.797. The Balaban J connectivity index is 2.04. The lowest BCUT2D eigenvalue weighted by atomic mass is 10.1. The quantitative estimate of drug-likeness (QED) is 0.832. The molecule has 0 bridgehead atoms. The van der Waals surface area contributed by atoms with Crippen LogP contribution in [-0.2, 0) is 11.4 Å². The first kappa shape index (κ1) is 17.2. The van der Waals surface area contributed by atoms with Crippen LogP contribution < -0.4 is 10.1 Å². The first-order valence-electron chi connectivity index (χ1n) is 7.36. The maximum absolute atomic E-state index is 13.6. The van der Waals surface area contributed by atoms with Gasteiger partial charge in [0.1, 0.15) is 12.4 Å². The summed E-state index contributed by atoms with van der Waals surface area (Å²) in [6.45, 7) is 3.35. The molecule has 122 valence electrons. The van der Waals surface area contributed by atoms with E-state index in [9.17, 15) is 9.18 Å². The summed E-state index contributed by atoms with van der Waals surface area (Å²) in [6.07, 6.45) is 0. The Labute approximate surface area is 140 Å². The summed E-state index contributed by atoms with van der Waals surface area (Å²) in [5.74, 6) is -1.05. The predicted molar refractivity (Wildman–Crippen MR) is 90.0 cm³/mol. The van der Waals surface area contributed by atoms with Gasteiger partial charge in [0, 0.05) is 11.8 Å². The van der Waals surface area contributed by atoms with Gasteiger partial charge in [-0.25, -0.2) is 4.39 Å². The minimum absolute atomic E-state index is 0.287. The maximum atomic E-state index is 13.6. The number of nitriles is 1. The first-order valence-corrected chi connectivity index (χ1v) is 7.36. The summed E-state index contributed by atoms with van der Waals surface area (Å²) < 4.78 is 19.2. The maximum Gasteiger partial charge on any atom is 0.284 e. The second kappa shape index (κ2) is 7.93. The molecule has 0 aromatic heterocycles. The van der Waals surface area contributed by atoms with Crippen LogP contribution in [0.25, 0.3) is 0 Å². The van der Waals surface area contributed by atoms with E-state index in [2.05, 4.69) is 11.4 Å². The fraction of sp³-hybridized carbons (Fsp3) is 0.158. The number of benzene rings is 2. The van der Waals surface area contributed by atoms with Crippen molar-refractivity contribution in [2.45, 2.75) is 20.5 Å². The van der Waals surface area contributed by atoms with Gasteiger partial charge in [0.15, 0.2) is 5.83 Å². The van der Waals surface area contributed by atoms with Crippen LogP contribution in [0.2, 0.25) is 0 Å². The number of hydrogen-bond acceptors (Lipinski definition) is 3. The van der Waals surface area contributed by atoms with Crippen LogP contribution >= 0.6 is 0 Å². The highest BCUT2D eigenvalue weighted by Gasteiger charge is 2.10. The van der Waals surface area contributed by atoms with E-state index in [1.54, 1.807) is 42.5 Å². The molecule has 4 nitrogen and oxygen atoms in total. The number of allylic oxidation sites excluding steroid dienone is 1. The SMILES string of the molecule is CC(C)=C(F)C(=O)Nc1cccc(OCc2cccc(C#N)c2)c1. The molecule has 0 heterocycles. The second-order valence-corrected chi connectivity index (χ2v) is 5.40. The number of ether oxygens (including phenoxy) is 1. The van der Waals surface area contributed by atoms with Crippen LogP contribution in [0.15, 0.2) is 59.9 Å². The number of carbonyl (C=O) groups excluding carboxylic acids is 1. The van der Waals surface area contributed by atoms with Crippen LogP contribution in [-0.4, -0.2) is 5.91 Å². The van der Waals surface area contributed by atoms with Gasteiger partial charge in [-0.15, -0.1) is 0 Å². The van der Waals surface area contributed by atoms with Crippen molar-refractivity contribution >= 4 is 11.6 Å². The molecule has 0 aliphatic heterocycles. The Morgan fingerprint density at radius 3 is 2.67 bits per heavy atom. The molecule has 0 aliphatic rings. The number of amides is 1. The second-order valence-electron chi connectivity index (χ2n) is 5.40. The van der Waals surface area contributed by atoms with Gasteiger partial charge < -0.3 is 10.1 Å². The van der Waals surface area contributed by atoms with E-state index in [0.29, 0.717) is 22.6 Å². The number of carbonyl (C=O) groups is 1. The van der Waals surface area contributed by atoms with Gasteiger partial charge in [-0.2, -0.15) is 5.26 Å². The Morgan fingerprint density at radius 1 is 1.21 bits per heavy atom. The Kier molecular flexibility index (Phi) is 5.69. The molecule has 24 heavy (non-hydrogen) atoms. The van der Waals surface area contributed by atoms with E-state index in [1.807, 2.05) is 6.07 Å². The zero-order chi connectivity index (χ0) is 17.5. The lowest BCUT2D eigenvalue weighted by Gasteiger charge is -2.09. The number of rotatable bonds is 5. The smallest absolute Gasteiger partial charge is 0.284 e. The molecule has 0 spiro atoms. The third kappa shape index (κ3) is 4.68. The van der Waals surface area contributed by atoms with Crippen molar-refractivity contribution in [3.63, 3.8) is 0 Å². The fourth-order valence-corrected chi connectivity index (χ4v) is 1.97. The molecule has 0 saturated carbocycles. The van der Waals surface area contributed by atoms with Crippen LogP contribution in [0.3, 0.4) is 0 Å². The van der Waals surface area contributed by atoms with E-state index in [4.69, 9.17) is 10.00 Å². The largest absolute Gasteiger partial charge is 0.489 e. The monoisotopic (exact) mass is 324 g/mol. The highest BCUT2D eigenvalue weighted by atomic mass is 19.1. The molecular formula is C19H17FN2O2. The minimum Gasteiger partial charge on any atom is -0.489 e. The number of hydrogen-bond donors (Lipinski definition) is 1. The number of anilines is 1. The Morgan fingerprint density at radius 2 is 1.96 bits per heavy atom. The van der Waals surface area contributed by atoms with E-state index < -0.39 is 11.7 Å². The highest BCUT2D eigenvalue weighted by molar-refractivity contribution is 6.02. The van der Waals surface area contributed by atoms with Crippen molar-refractivity contribution in [2.24, 2.45) is 0 Å². The van der Waals surface area contributed by atoms with Gasteiger partial charge >= 0.3 is 0 Å². The lowest BCUT2D eigenvalue weighted by Crippen LogP contribution is -2.12. The van der Waals surface area contributed by atoms with Gasteiger partial charge in [-0.05, 0) is 49.2 Å². The van der Waals surface area contributed by atoms with Gasteiger partial charge in [-0.3, -0.25) is 4.79 Å². The molecule has 1 N–H and O–H groups in total. The highest BCUT2D eigenvalue weighted by Crippen LogP contribution is 2.20. The topological polar surface area (TPSA) is 62.1 Å². The average Bonchev–Trinajstić information content (AvgIpc) is 2.59. The summed E-state index contributed by atoms with van der Waals surface area (Å²) in [6, 6.07) is 15.9. The Bertz CT molecular complexity index is 818. The first-order chi connectivity index (χ1) is 11.5. The summed E-state index contributed by atoms with van der Waals surface area (Å²) in [5.41, 5.74) is 2.19. The molecule has 0 radical (unpaired) electrons. The lowest BCUT2D eigenvalue weighted by molar-refractivity contribution is -0.114. The molecular weight excluding hydrogens is 307 g/mol. The normalized spacial score (nSPS) is 9.75. The zero-order valence-corrected chi connectivity index (χ0v) is 13.5. The van der Waals surface area contributed by atoms with Crippen molar-refractivity contribution < 1.29 is 13.9 Å². The third-order valence-electron chi connectivity index (χ3n) is 3.19. The van der Waals surface area contributed by atoms with Crippen LogP contribution in [0.4, 0.5) is 10.1 Å². The number of halogens is 1. The molecule has 0 unspecified atom stereocenters.